The number of phenolic OH excluding ortho intramolecular Hbond substituents is 1. The van der Waals surface area contributed by atoms with Crippen LogP contribution in [0.15, 0.2) is 24.3 Å². The molecule has 35 heavy (non-hydrogen) atoms. The van der Waals surface area contributed by atoms with Gasteiger partial charge < -0.3 is 31.1 Å². The highest BCUT2D eigenvalue weighted by Crippen LogP contribution is 2.21. The number of benzene rings is 1. The standard InChI is InChI=1S/C25H36N4O6/c1-3-15(2)21(28-22(31)18-6-4-12-26-18)23(32)27-19(14-16-8-10-17(30)11-9-16)24(33)29-13-5-7-20(29)25(34)35/h8-11,15,18-21,26,30H,3-7,12-14H2,1-2H3,(H,27,32)(H,28,31)(H,34,35). The van der Waals surface area contributed by atoms with Crippen LogP contribution in [0.3, 0.4) is 0 Å². The predicted octanol–water partition coefficient (Wildman–Crippen LogP) is 0.778. The molecule has 0 aromatic heterocycles. The molecule has 2 heterocycles. The van der Waals surface area contributed by atoms with Crippen LogP contribution in [0.25, 0.3) is 0 Å². The lowest BCUT2D eigenvalue weighted by Crippen LogP contribution is -2.59. The Bertz CT molecular complexity index is 915. The summed E-state index contributed by atoms with van der Waals surface area (Å²) in [6.45, 7) is 4.84. The molecule has 1 aromatic rings. The largest absolute Gasteiger partial charge is 0.508 e. The summed E-state index contributed by atoms with van der Waals surface area (Å²) in [5.74, 6) is -2.36. The van der Waals surface area contributed by atoms with Crippen molar-refractivity contribution in [2.24, 2.45) is 5.92 Å². The number of aromatic hydroxyl groups is 1. The van der Waals surface area contributed by atoms with E-state index in [4.69, 9.17) is 0 Å². The van der Waals surface area contributed by atoms with Crippen LogP contribution < -0.4 is 16.0 Å². The smallest absolute Gasteiger partial charge is 0.326 e. The third kappa shape index (κ3) is 6.72. The number of likely N-dealkylation sites (tertiary alicyclic amines) is 1. The van der Waals surface area contributed by atoms with E-state index in [0.29, 0.717) is 37.8 Å². The normalized spacial score (nSPS) is 22.3. The number of carbonyl (C=O) groups is 4. The summed E-state index contributed by atoms with van der Waals surface area (Å²) in [4.78, 5) is 52.6. The molecule has 0 aliphatic carbocycles. The first-order valence-electron chi connectivity index (χ1n) is 12.4. The van der Waals surface area contributed by atoms with Gasteiger partial charge in [0.05, 0.1) is 6.04 Å². The monoisotopic (exact) mass is 488 g/mol. The van der Waals surface area contributed by atoms with Crippen LogP contribution in [0.2, 0.25) is 0 Å². The van der Waals surface area contributed by atoms with Gasteiger partial charge in [0, 0.05) is 13.0 Å². The van der Waals surface area contributed by atoms with Crippen molar-refractivity contribution in [3.05, 3.63) is 29.8 Å². The molecule has 0 radical (unpaired) electrons. The maximum atomic E-state index is 13.5. The molecular weight excluding hydrogens is 452 g/mol. The van der Waals surface area contributed by atoms with Crippen molar-refractivity contribution in [1.29, 1.82) is 0 Å². The fourth-order valence-corrected chi connectivity index (χ4v) is 4.68. The number of hydrogen-bond acceptors (Lipinski definition) is 6. The van der Waals surface area contributed by atoms with E-state index in [0.717, 1.165) is 13.0 Å². The van der Waals surface area contributed by atoms with Gasteiger partial charge in [-0.25, -0.2) is 4.79 Å². The van der Waals surface area contributed by atoms with E-state index < -0.39 is 35.9 Å². The second-order valence-electron chi connectivity index (χ2n) is 9.48. The van der Waals surface area contributed by atoms with Crippen LogP contribution in [0.5, 0.6) is 5.75 Å². The fraction of sp³-hybridized carbons (Fsp3) is 0.600. The van der Waals surface area contributed by atoms with Gasteiger partial charge in [0.15, 0.2) is 0 Å². The minimum atomic E-state index is -1.07. The predicted molar refractivity (Wildman–Crippen MR) is 129 cm³/mol. The van der Waals surface area contributed by atoms with Gasteiger partial charge in [-0.3, -0.25) is 14.4 Å². The van der Waals surface area contributed by atoms with E-state index in [9.17, 15) is 29.4 Å². The molecule has 3 rings (SSSR count). The summed E-state index contributed by atoms with van der Waals surface area (Å²) >= 11 is 0. The first-order valence-corrected chi connectivity index (χ1v) is 12.4. The third-order valence-corrected chi connectivity index (χ3v) is 6.98. The number of amides is 3. The van der Waals surface area contributed by atoms with Crippen LogP contribution in [0.1, 0.15) is 51.5 Å². The Hall–Kier alpha value is -3.14. The Morgan fingerprint density at radius 2 is 1.83 bits per heavy atom. The number of nitrogens with one attached hydrogen (secondary N) is 3. The molecule has 2 saturated heterocycles. The van der Waals surface area contributed by atoms with Crippen molar-refractivity contribution < 1.29 is 29.4 Å². The van der Waals surface area contributed by atoms with Gasteiger partial charge in [0.1, 0.15) is 23.9 Å². The molecule has 2 fully saturated rings. The number of aliphatic carboxylic acids is 1. The number of hydrogen-bond donors (Lipinski definition) is 5. The number of carboxylic acids is 1. The number of carboxylic acid groups (broad SMARTS) is 1. The average Bonchev–Trinajstić information content (AvgIpc) is 3.55. The summed E-state index contributed by atoms with van der Waals surface area (Å²) < 4.78 is 0. The second kappa shape index (κ2) is 12.0. The maximum Gasteiger partial charge on any atom is 0.326 e. The Morgan fingerprint density at radius 3 is 2.43 bits per heavy atom. The van der Waals surface area contributed by atoms with Crippen molar-refractivity contribution in [2.75, 3.05) is 13.1 Å². The van der Waals surface area contributed by atoms with E-state index >= 15 is 0 Å². The van der Waals surface area contributed by atoms with Gasteiger partial charge in [-0.2, -0.15) is 0 Å². The first-order chi connectivity index (χ1) is 16.7. The van der Waals surface area contributed by atoms with Crippen molar-refractivity contribution in [2.45, 2.75) is 76.5 Å². The van der Waals surface area contributed by atoms with Crippen LogP contribution in [-0.2, 0) is 25.6 Å². The zero-order valence-electron chi connectivity index (χ0n) is 20.3. The molecule has 5 unspecified atom stereocenters. The highest BCUT2D eigenvalue weighted by atomic mass is 16.4. The second-order valence-corrected chi connectivity index (χ2v) is 9.48. The molecule has 1 aromatic carbocycles. The molecular formula is C25H36N4O6. The minimum Gasteiger partial charge on any atom is -0.508 e. The highest BCUT2D eigenvalue weighted by molar-refractivity contribution is 5.94. The number of carbonyl (C=O) groups excluding carboxylic acids is 3. The lowest BCUT2D eigenvalue weighted by molar-refractivity contribution is -0.149. The molecule has 0 spiro atoms. The Labute approximate surface area is 205 Å². The minimum absolute atomic E-state index is 0.0752. The van der Waals surface area contributed by atoms with Crippen molar-refractivity contribution in [3.63, 3.8) is 0 Å². The van der Waals surface area contributed by atoms with E-state index in [-0.39, 0.29) is 30.0 Å². The summed E-state index contributed by atoms with van der Waals surface area (Å²) in [5, 5.41) is 27.9. The fourth-order valence-electron chi connectivity index (χ4n) is 4.68. The van der Waals surface area contributed by atoms with Crippen LogP contribution in [0, 0.1) is 5.92 Å². The molecule has 3 amide bonds. The van der Waals surface area contributed by atoms with Crippen molar-refractivity contribution in [1.82, 2.24) is 20.9 Å². The van der Waals surface area contributed by atoms with E-state index in [1.807, 2.05) is 13.8 Å². The van der Waals surface area contributed by atoms with E-state index in [1.54, 1.807) is 12.1 Å². The molecule has 10 heteroatoms. The van der Waals surface area contributed by atoms with E-state index in [2.05, 4.69) is 16.0 Å². The Morgan fingerprint density at radius 1 is 1.11 bits per heavy atom. The summed E-state index contributed by atoms with van der Waals surface area (Å²) in [7, 11) is 0. The van der Waals surface area contributed by atoms with Gasteiger partial charge >= 0.3 is 5.97 Å². The summed E-state index contributed by atoms with van der Waals surface area (Å²) in [6.07, 6.45) is 3.29. The quantitative estimate of drug-likeness (QED) is 0.327. The molecule has 0 bridgehead atoms. The molecule has 10 nitrogen and oxygen atoms in total. The third-order valence-electron chi connectivity index (χ3n) is 6.98. The average molecular weight is 489 g/mol. The Kier molecular flexibility index (Phi) is 9.08. The first kappa shape index (κ1) is 26.5. The van der Waals surface area contributed by atoms with Gasteiger partial charge in [0.25, 0.3) is 0 Å². The topological polar surface area (TPSA) is 148 Å². The molecule has 2 aliphatic heterocycles. The van der Waals surface area contributed by atoms with Gasteiger partial charge in [-0.1, -0.05) is 32.4 Å². The molecule has 2 aliphatic rings. The van der Waals surface area contributed by atoms with Crippen LogP contribution in [-0.4, -0.2) is 76.1 Å². The Balaban J connectivity index is 1.81. The van der Waals surface area contributed by atoms with Gasteiger partial charge in [0.2, 0.25) is 17.7 Å². The van der Waals surface area contributed by atoms with Crippen molar-refractivity contribution >= 4 is 23.7 Å². The number of nitrogens with zero attached hydrogens (tertiary/aromatic N) is 1. The molecule has 5 atom stereocenters. The van der Waals surface area contributed by atoms with E-state index in [1.165, 1.54) is 17.0 Å². The zero-order chi connectivity index (χ0) is 25.5. The zero-order valence-corrected chi connectivity index (χ0v) is 20.3. The van der Waals surface area contributed by atoms with Crippen LogP contribution >= 0.6 is 0 Å². The van der Waals surface area contributed by atoms with Crippen molar-refractivity contribution in [3.8, 4) is 5.75 Å². The van der Waals surface area contributed by atoms with Gasteiger partial charge in [-0.05, 0) is 55.8 Å². The molecule has 192 valence electrons. The van der Waals surface area contributed by atoms with Crippen LogP contribution in [0.4, 0.5) is 0 Å². The summed E-state index contributed by atoms with van der Waals surface area (Å²) in [6, 6.07) is 3.17. The highest BCUT2D eigenvalue weighted by Gasteiger charge is 2.39. The number of rotatable bonds is 10. The maximum absolute atomic E-state index is 13.5. The lowest BCUT2D eigenvalue weighted by Gasteiger charge is -2.30. The number of phenols is 1. The SMILES string of the molecule is CCC(C)C(NC(=O)C1CCCN1)C(=O)NC(Cc1ccc(O)cc1)C(=O)N1CCCC1C(=O)O. The van der Waals surface area contributed by atoms with Gasteiger partial charge in [-0.15, -0.1) is 0 Å². The molecule has 5 N–H and O–H groups in total. The lowest BCUT2D eigenvalue weighted by atomic mass is 9.96. The summed E-state index contributed by atoms with van der Waals surface area (Å²) in [5.41, 5.74) is 0.701. The molecule has 0 saturated carbocycles.